The van der Waals surface area contributed by atoms with Crippen molar-refractivity contribution in [3.63, 3.8) is 0 Å². The molecule has 2 N–H and O–H groups in total. The van der Waals surface area contributed by atoms with Gasteiger partial charge in [-0.15, -0.1) is 0 Å². The maximum atomic E-state index is 11.0. The Morgan fingerprint density at radius 3 is 2.50 bits per heavy atom. The molecular weight excluding hydrogens is 284 g/mol. The number of aldehydes is 2. The Hall–Kier alpha value is -1.30. The quantitative estimate of drug-likeness (QED) is 0.169. The molecule has 0 aromatic rings. The van der Waals surface area contributed by atoms with Crippen LogP contribution in [0.5, 0.6) is 0 Å². The second kappa shape index (κ2) is 14.6. The molecule has 0 radical (unpaired) electrons. The lowest BCUT2D eigenvalue weighted by Gasteiger charge is -2.09. The summed E-state index contributed by atoms with van der Waals surface area (Å²) in [7, 11) is 0. The molecule has 0 saturated carbocycles. The maximum Gasteiger partial charge on any atom is 0.145 e. The minimum absolute atomic E-state index is 0.470. The number of allylic oxidation sites excluding steroid dienone is 2. The van der Waals surface area contributed by atoms with E-state index in [0.717, 1.165) is 38.4 Å². The van der Waals surface area contributed by atoms with E-state index in [0.29, 0.717) is 31.1 Å². The molecule has 0 heterocycles. The van der Waals surface area contributed by atoms with Crippen molar-refractivity contribution < 1.29 is 24.8 Å². The van der Waals surface area contributed by atoms with Gasteiger partial charge in [0.05, 0.1) is 6.10 Å². The first-order valence-corrected chi connectivity index (χ1v) is 7.94. The number of rotatable bonds is 14. The second-order valence-electron chi connectivity index (χ2n) is 5.33. The van der Waals surface area contributed by atoms with Gasteiger partial charge >= 0.3 is 0 Å². The molecule has 0 aliphatic heterocycles. The van der Waals surface area contributed by atoms with E-state index in [1.807, 2.05) is 0 Å². The summed E-state index contributed by atoms with van der Waals surface area (Å²) in [6, 6.07) is 0. The summed E-state index contributed by atoms with van der Waals surface area (Å²) in [5.74, 6) is 0. The van der Waals surface area contributed by atoms with Crippen molar-refractivity contribution in [3.8, 4) is 0 Å². The minimum atomic E-state index is -0.541. The number of aliphatic hydroxyl groups is 1. The molecule has 22 heavy (non-hydrogen) atoms. The third kappa shape index (κ3) is 11.4. The maximum absolute atomic E-state index is 11.0. The lowest BCUT2D eigenvalue weighted by molar-refractivity contribution is -0.267. The Balaban J connectivity index is 3.95. The smallest absolute Gasteiger partial charge is 0.145 e. The van der Waals surface area contributed by atoms with E-state index >= 15 is 0 Å². The van der Waals surface area contributed by atoms with E-state index in [1.54, 1.807) is 6.08 Å². The van der Waals surface area contributed by atoms with Gasteiger partial charge in [0.25, 0.3) is 0 Å². The minimum Gasteiger partial charge on any atom is -0.389 e. The number of carbonyl (C=O) groups is 2. The normalized spacial score (nSPS) is 15.0. The summed E-state index contributed by atoms with van der Waals surface area (Å²) in [4.78, 5) is 25.4. The average molecular weight is 312 g/mol. The molecule has 0 aromatic carbocycles. The summed E-state index contributed by atoms with van der Waals surface area (Å²) in [6.07, 6.45) is 11.3. The van der Waals surface area contributed by atoms with Gasteiger partial charge in [0, 0.05) is 0 Å². The number of aliphatic hydroxyl groups excluding tert-OH is 1. The monoisotopic (exact) mass is 312 g/mol. The topological polar surface area (TPSA) is 83.8 Å². The largest absolute Gasteiger partial charge is 0.389 e. The van der Waals surface area contributed by atoms with Crippen LogP contribution in [-0.4, -0.2) is 35.1 Å². The van der Waals surface area contributed by atoms with Crippen LogP contribution in [0, 0.1) is 0 Å². The summed E-state index contributed by atoms with van der Waals surface area (Å²) in [6.45, 7) is 2.06. The van der Waals surface area contributed by atoms with Crippen LogP contribution < -0.4 is 0 Å². The van der Waals surface area contributed by atoms with Crippen LogP contribution in [0.2, 0.25) is 0 Å². The lowest BCUT2D eigenvalue weighted by atomic mass is 10.0. The van der Waals surface area contributed by atoms with Gasteiger partial charge in [0.15, 0.2) is 0 Å². The van der Waals surface area contributed by atoms with Crippen molar-refractivity contribution >= 4 is 12.6 Å². The fourth-order valence-electron chi connectivity index (χ4n) is 2.13. The van der Waals surface area contributed by atoms with Gasteiger partial charge in [-0.05, 0) is 49.5 Å². The third-order valence-corrected chi connectivity index (χ3v) is 3.41. The van der Waals surface area contributed by atoms with Crippen LogP contribution in [0.4, 0.5) is 0 Å². The lowest BCUT2D eigenvalue weighted by Crippen LogP contribution is -2.07. The van der Waals surface area contributed by atoms with Crippen molar-refractivity contribution in [1.82, 2.24) is 0 Å². The highest BCUT2D eigenvalue weighted by molar-refractivity contribution is 5.73. The van der Waals surface area contributed by atoms with E-state index in [4.69, 9.17) is 5.26 Å². The van der Waals surface area contributed by atoms with Crippen LogP contribution >= 0.6 is 0 Å². The van der Waals surface area contributed by atoms with Crippen molar-refractivity contribution in [2.75, 3.05) is 0 Å². The molecule has 0 saturated heterocycles. The number of carbonyl (C=O) groups excluding carboxylic acids is 2. The molecular formula is C17H28O5. The fourth-order valence-corrected chi connectivity index (χ4v) is 2.13. The Kier molecular flexibility index (Phi) is 13.8. The molecule has 0 rings (SSSR count). The summed E-state index contributed by atoms with van der Waals surface area (Å²) < 4.78 is 0. The predicted molar refractivity (Wildman–Crippen MR) is 85.5 cm³/mol. The predicted octanol–water partition coefficient (Wildman–Crippen LogP) is 3.23. The summed E-state index contributed by atoms with van der Waals surface area (Å²) >= 11 is 0. The molecule has 0 aliphatic rings. The first-order valence-electron chi connectivity index (χ1n) is 7.94. The van der Waals surface area contributed by atoms with Gasteiger partial charge in [-0.2, -0.15) is 0 Å². The Morgan fingerprint density at radius 2 is 1.91 bits per heavy atom. The molecule has 0 bridgehead atoms. The Morgan fingerprint density at radius 1 is 1.14 bits per heavy atom. The van der Waals surface area contributed by atoms with Gasteiger partial charge in [0.2, 0.25) is 0 Å². The zero-order valence-electron chi connectivity index (χ0n) is 13.3. The van der Waals surface area contributed by atoms with E-state index in [2.05, 4.69) is 11.8 Å². The van der Waals surface area contributed by atoms with E-state index in [1.165, 1.54) is 12.2 Å². The zero-order chi connectivity index (χ0) is 16.6. The first-order chi connectivity index (χ1) is 10.7. The highest BCUT2D eigenvalue weighted by atomic mass is 17.1. The molecule has 0 spiro atoms. The van der Waals surface area contributed by atoms with E-state index in [9.17, 15) is 14.7 Å². The third-order valence-electron chi connectivity index (χ3n) is 3.41. The Labute approximate surface area is 132 Å². The van der Waals surface area contributed by atoms with Crippen molar-refractivity contribution in [3.05, 3.63) is 23.8 Å². The fraction of sp³-hybridized carbons (Fsp3) is 0.647. The molecule has 5 nitrogen and oxygen atoms in total. The van der Waals surface area contributed by atoms with Crippen molar-refractivity contribution in [2.45, 2.75) is 70.5 Å². The van der Waals surface area contributed by atoms with Gasteiger partial charge in [0.1, 0.15) is 18.7 Å². The van der Waals surface area contributed by atoms with E-state index in [-0.39, 0.29) is 0 Å². The first kappa shape index (κ1) is 20.7. The van der Waals surface area contributed by atoms with Crippen LogP contribution in [0.3, 0.4) is 0 Å². The standard InChI is InChI=1S/C17H28O5/c1-2-3-9-16(20)13-15(14-19)8-5-4-6-10-17(22-21)11-7-12-18/h7,11-14,16-17,20-21H,2-6,8-10H2,1H3/b11-7?,15-13+. The van der Waals surface area contributed by atoms with E-state index < -0.39 is 12.2 Å². The SMILES string of the molecule is CCCCC(O)/C=C(/C=O)CCCCCC(C=CC=O)OO. The number of hydrogen-bond donors (Lipinski definition) is 2. The molecule has 5 heteroatoms. The highest BCUT2D eigenvalue weighted by Gasteiger charge is 2.05. The molecule has 2 unspecified atom stereocenters. The molecule has 0 amide bonds. The molecule has 126 valence electrons. The van der Waals surface area contributed by atoms with Gasteiger partial charge < -0.3 is 5.11 Å². The van der Waals surface area contributed by atoms with Crippen molar-refractivity contribution in [2.24, 2.45) is 0 Å². The van der Waals surface area contributed by atoms with Crippen LogP contribution in [0.25, 0.3) is 0 Å². The number of unbranched alkanes of at least 4 members (excludes halogenated alkanes) is 3. The average Bonchev–Trinajstić information content (AvgIpc) is 2.54. The van der Waals surface area contributed by atoms with Crippen LogP contribution in [0.1, 0.15) is 58.3 Å². The zero-order valence-corrected chi connectivity index (χ0v) is 13.3. The molecule has 0 aromatic heterocycles. The molecule has 0 aliphatic carbocycles. The van der Waals surface area contributed by atoms with Crippen LogP contribution in [-0.2, 0) is 14.5 Å². The van der Waals surface area contributed by atoms with Gasteiger partial charge in [-0.1, -0.05) is 32.6 Å². The Bertz CT molecular complexity index is 349. The summed E-state index contributed by atoms with van der Waals surface area (Å²) in [5, 5.41) is 18.4. The van der Waals surface area contributed by atoms with Crippen molar-refractivity contribution in [1.29, 1.82) is 0 Å². The second-order valence-corrected chi connectivity index (χ2v) is 5.33. The molecule has 2 atom stereocenters. The van der Waals surface area contributed by atoms with Gasteiger partial charge in [-0.25, -0.2) is 4.89 Å². The highest BCUT2D eigenvalue weighted by Crippen LogP contribution is 2.13. The van der Waals surface area contributed by atoms with Gasteiger partial charge in [-0.3, -0.25) is 14.8 Å². The number of hydrogen-bond acceptors (Lipinski definition) is 5. The summed E-state index contributed by atoms with van der Waals surface area (Å²) in [5.41, 5.74) is 0.638. The van der Waals surface area contributed by atoms with Crippen LogP contribution in [0.15, 0.2) is 23.8 Å². The molecule has 0 fully saturated rings.